The van der Waals surface area contributed by atoms with Crippen molar-refractivity contribution in [1.29, 1.82) is 0 Å². The Balaban J connectivity index is 1.53. The molecule has 0 bridgehead atoms. The van der Waals surface area contributed by atoms with Gasteiger partial charge in [0.05, 0.1) is 22.7 Å². The second-order valence-electron chi connectivity index (χ2n) is 7.78. The van der Waals surface area contributed by atoms with E-state index in [1.165, 1.54) is 12.1 Å². The molecule has 0 aliphatic carbocycles. The third-order valence-electron chi connectivity index (χ3n) is 5.53. The van der Waals surface area contributed by atoms with Gasteiger partial charge in [-0.15, -0.1) is 0 Å². The van der Waals surface area contributed by atoms with E-state index >= 15 is 0 Å². The number of carbonyl (C=O) groups is 2. The van der Waals surface area contributed by atoms with Gasteiger partial charge in [-0.2, -0.15) is 0 Å². The summed E-state index contributed by atoms with van der Waals surface area (Å²) in [4.78, 5) is 48.0. The van der Waals surface area contributed by atoms with Crippen LogP contribution in [0.25, 0.3) is 0 Å². The van der Waals surface area contributed by atoms with Gasteiger partial charge in [0, 0.05) is 42.9 Å². The summed E-state index contributed by atoms with van der Waals surface area (Å²) in [6, 6.07) is 12.3. The predicted octanol–water partition coefficient (Wildman–Crippen LogP) is 2.64. The number of amides is 2. The van der Waals surface area contributed by atoms with Crippen LogP contribution in [0.2, 0.25) is 0 Å². The van der Waals surface area contributed by atoms with Crippen molar-refractivity contribution < 1.29 is 19.4 Å². The summed E-state index contributed by atoms with van der Waals surface area (Å²) in [5.74, 6) is -0.453. The number of para-hydroxylation sites is 2. The molecule has 0 saturated carbocycles. The van der Waals surface area contributed by atoms with Crippen molar-refractivity contribution in [2.45, 2.75) is 25.7 Å². The van der Waals surface area contributed by atoms with Crippen LogP contribution in [0.15, 0.2) is 48.5 Å². The highest BCUT2D eigenvalue weighted by molar-refractivity contribution is 5.80. The Morgan fingerprint density at radius 2 is 1.50 bits per heavy atom. The van der Waals surface area contributed by atoms with E-state index in [-0.39, 0.29) is 41.9 Å². The van der Waals surface area contributed by atoms with Gasteiger partial charge < -0.3 is 10.2 Å². The van der Waals surface area contributed by atoms with Gasteiger partial charge >= 0.3 is 0 Å². The zero-order valence-electron chi connectivity index (χ0n) is 17.4. The molecule has 1 heterocycles. The minimum Gasteiger partial charge on any atom is -0.355 e. The van der Waals surface area contributed by atoms with Crippen LogP contribution in [0.4, 0.5) is 11.4 Å². The molecule has 1 N–H and O–H groups in total. The summed E-state index contributed by atoms with van der Waals surface area (Å²) in [7, 11) is 0. The van der Waals surface area contributed by atoms with Gasteiger partial charge in [-0.1, -0.05) is 36.4 Å². The molecular formula is C22H24N4O6. The lowest BCUT2D eigenvalue weighted by Crippen LogP contribution is -2.44. The molecule has 0 radical (unpaired) electrons. The van der Waals surface area contributed by atoms with E-state index in [1.54, 1.807) is 41.3 Å². The molecule has 2 aromatic carbocycles. The molecule has 10 nitrogen and oxygen atoms in total. The number of hydrogen-bond donors (Lipinski definition) is 1. The van der Waals surface area contributed by atoms with Gasteiger partial charge in [-0.3, -0.25) is 29.8 Å². The number of nitro benzene ring substituents is 2. The number of nitro groups is 2. The highest BCUT2D eigenvalue weighted by Gasteiger charge is 2.26. The van der Waals surface area contributed by atoms with Gasteiger partial charge in [0.2, 0.25) is 11.8 Å². The van der Waals surface area contributed by atoms with Crippen LogP contribution in [-0.4, -0.2) is 46.2 Å². The van der Waals surface area contributed by atoms with Gasteiger partial charge in [0.15, 0.2) is 0 Å². The smallest absolute Gasteiger partial charge is 0.273 e. The van der Waals surface area contributed by atoms with E-state index in [1.807, 2.05) is 0 Å². The highest BCUT2D eigenvalue weighted by Crippen LogP contribution is 2.22. The first-order valence-electron chi connectivity index (χ1n) is 10.3. The molecule has 3 rings (SSSR count). The molecule has 1 aliphatic rings. The molecule has 0 unspecified atom stereocenters. The molecular weight excluding hydrogens is 416 g/mol. The molecule has 10 heteroatoms. The predicted molar refractivity (Wildman–Crippen MR) is 116 cm³/mol. The largest absolute Gasteiger partial charge is 0.355 e. The highest BCUT2D eigenvalue weighted by atomic mass is 16.6. The Morgan fingerprint density at radius 1 is 0.938 bits per heavy atom. The summed E-state index contributed by atoms with van der Waals surface area (Å²) in [5.41, 5.74) is 0.561. The maximum absolute atomic E-state index is 12.7. The fourth-order valence-electron chi connectivity index (χ4n) is 3.90. The van der Waals surface area contributed by atoms with Crippen molar-refractivity contribution in [3.05, 3.63) is 79.9 Å². The molecule has 2 aromatic rings. The first-order valence-corrected chi connectivity index (χ1v) is 10.3. The van der Waals surface area contributed by atoms with Crippen molar-refractivity contribution in [2.75, 3.05) is 19.6 Å². The van der Waals surface area contributed by atoms with Crippen molar-refractivity contribution in [3.63, 3.8) is 0 Å². The number of likely N-dealkylation sites (tertiary alicyclic amines) is 1. The van der Waals surface area contributed by atoms with E-state index < -0.39 is 9.85 Å². The van der Waals surface area contributed by atoms with Gasteiger partial charge in [0.25, 0.3) is 11.4 Å². The topological polar surface area (TPSA) is 136 Å². The molecule has 32 heavy (non-hydrogen) atoms. The van der Waals surface area contributed by atoms with Crippen molar-refractivity contribution in [2.24, 2.45) is 5.92 Å². The Morgan fingerprint density at radius 3 is 2.09 bits per heavy atom. The summed E-state index contributed by atoms with van der Waals surface area (Å²) < 4.78 is 0. The Hall–Kier alpha value is -3.82. The SMILES string of the molecule is O=C(Cc1ccccc1[N+](=O)[O-])NC[C@@H]1CCCN(C(=O)Cc2ccccc2[N+](=O)[O-])C1. The lowest BCUT2D eigenvalue weighted by molar-refractivity contribution is -0.385. The lowest BCUT2D eigenvalue weighted by Gasteiger charge is -2.33. The minimum absolute atomic E-state index is 0.0477. The Kier molecular flexibility index (Phi) is 7.48. The van der Waals surface area contributed by atoms with Crippen LogP contribution < -0.4 is 5.32 Å². The summed E-state index contributed by atoms with van der Waals surface area (Å²) in [6.45, 7) is 1.38. The van der Waals surface area contributed by atoms with Crippen LogP contribution >= 0.6 is 0 Å². The second-order valence-corrected chi connectivity index (χ2v) is 7.78. The summed E-state index contributed by atoms with van der Waals surface area (Å²) >= 11 is 0. The van der Waals surface area contributed by atoms with Crippen molar-refractivity contribution in [3.8, 4) is 0 Å². The molecule has 1 saturated heterocycles. The first kappa shape index (κ1) is 22.9. The van der Waals surface area contributed by atoms with Crippen molar-refractivity contribution in [1.82, 2.24) is 10.2 Å². The molecule has 1 aliphatic heterocycles. The van der Waals surface area contributed by atoms with Crippen LogP contribution in [0.3, 0.4) is 0 Å². The van der Waals surface area contributed by atoms with Crippen LogP contribution in [0.5, 0.6) is 0 Å². The number of hydrogen-bond acceptors (Lipinski definition) is 6. The van der Waals surface area contributed by atoms with Crippen LogP contribution in [0.1, 0.15) is 24.0 Å². The molecule has 0 spiro atoms. The lowest BCUT2D eigenvalue weighted by atomic mass is 9.97. The number of rotatable bonds is 8. The van der Waals surface area contributed by atoms with Gasteiger partial charge in [-0.05, 0) is 18.8 Å². The average molecular weight is 440 g/mol. The molecule has 1 fully saturated rings. The number of carbonyl (C=O) groups excluding carboxylic acids is 2. The minimum atomic E-state index is -0.510. The number of piperidine rings is 1. The van der Waals surface area contributed by atoms with Crippen molar-refractivity contribution >= 4 is 23.2 Å². The average Bonchev–Trinajstić information content (AvgIpc) is 2.78. The molecule has 1 atom stereocenters. The third-order valence-corrected chi connectivity index (χ3v) is 5.53. The number of benzene rings is 2. The van der Waals surface area contributed by atoms with E-state index in [0.717, 1.165) is 12.8 Å². The van der Waals surface area contributed by atoms with Gasteiger partial charge in [0.1, 0.15) is 0 Å². The summed E-state index contributed by atoms with van der Waals surface area (Å²) in [6.07, 6.45) is 1.46. The first-order chi connectivity index (χ1) is 15.3. The second kappa shape index (κ2) is 10.5. The van der Waals surface area contributed by atoms with E-state index in [4.69, 9.17) is 0 Å². The van der Waals surface area contributed by atoms with Gasteiger partial charge in [-0.25, -0.2) is 0 Å². The van der Waals surface area contributed by atoms with E-state index in [2.05, 4.69) is 5.32 Å². The molecule has 168 valence electrons. The maximum atomic E-state index is 12.7. The molecule has 0 aromatic heterocycles. The normalized spacial score (nSPS) is 15.8. The monoisotopic (exact) mass is 440 g/mol. The Labute approximate surface area is 184 Å². The Bertz CT molecular complexity index is 1020. The number of nitrogens with one attached hydrogen (secondary N) is 1. The fourth-order valence-corrected chi connectivity index (χ4v) is 3.90. The molecule has 2 amide bonds. The quantitative estimate of drug-likeness (QED) is 0.495. The standard InChI is InChI=1S/C22H24N4O6/c27-21(12-17-7-1-3-9-19(17)25(29)30)23-14-16-6-5-11-24(15-16)22(28)13-18-8-2-4-10-20(18)26(31)32/h1-4,7-10,16H,5-6,11-15H2,(H,23,27)/t16-/m0/s1. The maximum Gasteiger partial charge on any atom is 0.273 e. The van der Waals surface area contributed by atoms with E-state index in [0.29, 0.717) is 30.8 Å². The number of nitrogens with zero attached hydrogens (tertiary/aromatic N) is 3. The summed E-state index contributed by atoms with van der Waals surface area (Å²) in [5, 5.41) is 25.1. The fraction of sp³-hybridized carbons (Fsp3) is 0.364. The van der Waals surface area contributed by atoms with E-state index in [9.17, 15) is 29.8 Å². The van der Waals surface area contributed by atoms with Crippen LogP contribution in [-0.2, 0) is 22.4 Å². The zero-order chi connectivity index (χ0) is 23.1. The zero-order valence-corrected chi connectivity index (χ0v) is 17.4. The third kappa shape index (κ3) is 5.87. The van der Waals surface area contributed by atoms with Crippen LogP contribution in [0, 0.1) is 26.1 Å².